The third kappa shape index (κ3) is 4.67. The molecule has 1 amide bonds. The molecule has 4 rings (SSSR count). The monoisotopic (exact) mass is 505 g/mol. The molecular weight excluding hydrogens is 484 g/mol. The normalized spacial score (nSPS) is 19.9. The van der Waals surface area contributed by atoms with Gasteiger partial charge in [0.25, 0.3) is 5.91 Å². The Kier molecular flexibility index (Phi) is 6.69. The number of aromatic nitrogens is 1. The van der Waals surface area contributed by atoms with E-state index in [9.17, 15) is 22.0 Å². The topological polar surface area (TPSA) is 81.0 Å². The van der Waals surface area contributed by atoms with Crippen molar-refractivity contribution in [2.24, 2.45) is 4.99 Å². The maximum atomic E-state index is 14.3. The molecule has 1 aromatic heterocycles. The number of ether oxygens (including phenoxy) is 1. The largest absolute Gasteiger partial charge is 0.373 e. The van der Waals surface area contributed by atoms with Gasteiger partial charge in [-0.3, -0.25) is 4.79 Å². The summed E-state index contributed by atoms with van der Waals surface area (Å²) in [5, 5.41) is 0. The van der Waals surface area contributed by atoms with Crippen molar-refractivity contribution in [3.05, 3.63) is 58.4 Å². The van der Waals surface area contributed by atoms with Crippen LogP contribution in [0.4, 0.5) is 8.78 Å². The Morgan fingerprint density at radius 3 is 2.47 bits per heavy atom. The zero-order valence-corrected chi connectivity index (χ0v) is 20.0. The van der Waals surface area contributed by atoms with Crippen LogP contribution in [0.5, 0.6) is 0 Å². The molecule has 1 fully saturated rings. The minimum atomic E-state index is -3.76. The molecule has 0 aliphatic carbocycles. The van der Waals surface area contributed by atoms with E-state index in [2.05, 4.69) is 10.9 Å². The van der Waals surface area contributed by atoms with Crippen LogP contribution in [0.3, 0.4) is 0 Å². The molecule has 2 heterocycles. The van der Waals surface area contributed by atoms with Crippen LogP contribution < -0.4 is 4.80 Å². The molecule has 0 spiro atoms. The van der Waals surface area contributed by atoms with E-state index in [1.54, 1.807) is 0 Å². The SMILES string of the molecule is C#CCn1c(=NC(=O)c2ccc(S(=O)(=O)N3CC(C)OC(C)C3)cc2)sc2cc(F)cc(F)c21. The number of halogens is 2. The summed E-state index contributed by atoms with van der Waals surface area (Å²) >= 11 is 0.927. The predicted octanol–water partition coefficient (Wildman–Crippen LogP) is 3.15. The quantitative estimate of drug-likeness (QED) is 0.511. The smallest absolute Gasteiger partial charge is 0.279 e. The number of sulfonamides is 1. The van der Waals surface area contributed by atoms with E-state index in [-0.39, 0.29) is 57.3 Å². The highest BCUT2D eigenvalue weighted by Gasteiger charge is 2.32. The fraction of sp³-hybridized carbons (Fsp3) is 0.304. The van der Waals surface area contributed by atoms with Crippen LogP contribution in [0.2, 0.25) is 0 Å². The Hall–Kier alpha value is -2.91. The van der Waals surface area contributed by atoms with E-state index in [4.69, 9.17) is 11.2 Å². The first-order valence-electron chi connectivity index (χ1n) is 10.4. The average Bonchev–Trinajstić information content (AvgIpc) is 3.10. The van der Waals surface area contributed by atoms with E-state index >= 15 is 0 Å². The summed E-state index contributed by atoms with van der Waals surface area (Å²) in [5.41, 5.74) is 0.199. The number of carbonyl (C=O) groups is 1. The van der Waals surface area contributed by atoms with E-state index in [0.717, 1.165) is 23.5 Å². The minimum absolute atomic E-state index is 0.0483. The lowest BCUT2D eigenvalue weighted by atomic mass is 10.2. The van der Waals surface area contributed by atoms with Crippen LogP contribution in [0.1, 0.15) is 24.2 Å². The highest BCUT2D eigenvalue weighted by molar-refractivity contribution is 7.89. The number of morpholine rings is 1. The molecule has 1 aliphatic heterocycles. The number of hydrogen-bond acceptors (Lipinski definition) is 5. The van der Waals surface area contributed by atoms with Crippen LogP contribution >= 0.6 is 11.3 Å². The summed E-state index contributed by atoms with van der Waals surface area (Å²) < 4.78 is 62.5. The first-order chi connectivity index (χ1) is 16.1. The van der Waals surface area contributed by atoms with Gasteiger partial charge in [-0.2, -0.15) is 9.30 Å². The van der Waals surface area contributed by atoms with Crippen LogP contribution in [-0.4, -0.2) is 48.5 Å². The summed E-state index contributed by atoms with van der Waals surface area (Å²) in [6, 6.07) is 7.31. The van der Waals surface area contributed by atoms with Gasteiger partial charge in [0.05, 0.1) is 33.9 Å². The number of fused-ring (bicyclic) bond motifs is 1. The van der Waals surface area contributed by atoms with Crippen LogP contribution in [0, 0.1) is 24.0 Å². The van der Waals surface area contributed by atoms with Gasteiger partial charge >= 0.3 is 0 Å². The second-order valence-electron chi connectivity index (χ2n) is 7.93. The van der Waals surface area contributed by atoms with E-state index in [1.165, 1.54) is 33.1 Å². The van der Waals surface area contributed by atoms with Crippen molar-refractivity contribution in [1.29, 1.82) is 0 Å². The lowest BCUT2D eigenvalue weighted by Gasteiger charge is -2.34. The molecule has 0 radical (unpaired) electrons. The van der Waals surface area contributed by atoms with E-state index in [0.29, 0.717) is 0 Å². The summed E-state index contributed by atoms with van der Waals surface area (Å²) in [7, 11) is -3.76. The molecule has 178 valence electrons. The number of hydrogen-bond donors (Lipinski definition) is 0. The first kappa shape index (κ1) is 24.2. The van der Waals surface area contributed by atoms with Gasteiger partial charge in [-0.1, -0.05) is 17.3 Å². The summed E-state index contributed by atoms with van der Waals surface area (Å²) in [4.78, 5) is 17.0. The standard InChI is InChI=1S/C23H21F2N3O4S2/c1-4-9-28-21-19(25)10-17(24)11-20(21)33-23(28)26-22(29)16-5-7-18(8-6-16)34(30,31)27-12-14(2)32-15(3)13-27/h1,5-8,10-11,14-15H,9,12-13H2,2-3H3. The van der Waals surface area contributed by atoms with Crippen molar-refractivity contribution in [1.82, 2.24) is 8.87 Å². The van der Waals surface area contributed by atoms with Crippen molar-refractivity contribution < 1.29 is 26.7 Å². The zero-order chi connectivity index (χ0) is 24.6. The number of rotatable bonds is 4. The number of benzene rings is 2. The highest BCUT2D eigenvalue weighted by atomic mass is 32.2. The molecule has 0 N–H and O–H groups in total. The fourth-order valence-electron chi connectivity index (χ4n) is 3.85. The molecule has 11 heteroatoms. The van der Waals surface area contributed by atoms with E-state index < -0.39 is 27.6 Å². The molecule has 2 unspecified atom stereocenters. The molecular formula is C23H21F2N3O4S2. The highest BCUT2D eigenvalue weighted by Crippen LogP contribution is 2.23. The Bertz CT molecular complexity index is 1460. The number of amides is 1. The minimum Gasteiger partial charge on any atom is -0.373 e. The van der Waals surface area contributed by atoms with Crippen LogP contribution in [0.25, 0.3) is 10.2 Å². The Labute approximate surface area is 199 Å². The molecule has 7 nitrogen and oxygen atoms in total. The number of nitrogens with zero attached hydrogens (tertiary/aromatic N) is 3. The molecule has 2 atom stereocenters. The Morgan fingerprint density at radius 2 is 1.85 bits per heavy atom. The zero-order valence-electron chi connectivity index (χ0n) is 18.4. The number of carbonyl (C=O) groups excluding carboxylic acids is 1. The Balaban J connectivity index is 1.66. The van der Waals surface area contributed by atoms with E-state index in [1.807, 2.05) is 13.8 Å². The third-order valence-corrected chi connectivity index (χ3v) is 8.14. The van der Waals surface area contributed by atoms with Crippen molar-refractivity contribution in [2.75, 3.05) is 13.1 Å². The third-order valence-electron chi connectivity index (χ3n) is 5.27. The van der Waals surface area contributed by atoms with Crippen molar-refractivity contribution >= 4 is 37.5 Å². The first-order valence-corrected chi connectivity index (χ1v) is 12.6. The Morgan fingerprint density at radius 1 is 1.21 bits per heavy atom. The summed E-state index contributed by atoms with van der Waals surface area (Å²) in [5.74, 6) is 0.145. The number of terminal acetylenes is 1. The van der Waals surface area contributed by atoms with Gasteiger partial charge < -0.3 is 9.30 Å². The fourth-order valence-corrected chi connectivity index (χ4v) is 6.51. The van der Waals surface area contributed by atoms with Gasteiger partial charge in [0.2, 0.25) is 10.0 Å². The average molecular weight is 506 g/mol. The molecule has 1 saturated heterocycles. The van der Waals surface area contributed by atoms with Crippen LogP contribution in [-0.2, 0) is 21.3 Å². The molecule has 0 bridgehead atoms. The van der Waals surface area contributed by atoms with Crippen molar-refractivity contribution in [3.8, 4) is 12.3 Å². The van der Waals surface area contributed by atoms with Gasteiger partial charge in [-0.25, -0.2) is 17.2 Å². The lowest BCUT2D eigenvalue weighted by molar-refractivity contribution is -0.0440. The van der Waals surface area contributed by atoms with Crippen LogP contribution in [0.15, 0.2) is 46.3 Å². The van der Waals surface area contributed by atoms with Gasteiger partial charge in [0, 0.05) is 24.7 Å². The van der Waals surface area contributed by atoms with Gasteiger partial charge in [0.1, 0.15) is 5.82 Å². The molecule has 0 saturated carbocycles. The second-order valence-corrected chi connectivity index (χ2v) is 10.9. The van der Waals surface area contributed by atoms with Gasteiger partial charge in [-0.15, -0.1) is 6.42 Å². The predicted molar refractivity (Wildman–Crippen MR) is 124 cm³/mol. The summed E-state index contributed by atoms with van der Waals surface area (Å²) in [6.07, 6.45) is 4.92. The lowest BCUT2D eigenvalue weighted by Crippen LogP contribution is -2.48. The van der Waals surface area contributed by atoms with Gasteiger partial charge in [0.15, 0.2) is 10.6 Å². The maximum absolute atomic E-state index is 14.3. The molecule has 2 aromatic carbocycles. The summed E-state index contributed by atoms with van der Waals surface area (Å²) in [6.45, 7) is 4.02. The van der Waals surface area contributed by atoms with Crippen molar-refractivity contribution in [2.45, 2.75) is 37.5 Å². The van der Waals surface area contributed by atoms with Gasteiger partial charge in [-0.05, 0) is 44.2 Å². The molecule has 34 heavy (non-hydrogen) atoms. The molecule has 3 aromatic rings. The second kappa shape index (κ2) is 9.38. The maximum Gasteiger partial charge on any atom is 0.279 e. The molecule has 1 aliphatic rings. The van der Waals surface area contributed by atoms with Crippen molar-refractivity contribution in [3.63, 3.8) is 0 Å². The number of thiazole rings is 1.